The molecule has 2 saturated carbocycles. The summed E-state index contributed by atoms with van der Waals surface area (Å²) in [5.74, 6) is -0.992. The van der Waals surface area contributed by atoms with Gasteiger partial charge in [-0.15, -0.1) is 0 Å². The lowest BCUT2D eigenvalue weighted by atomic mass is 9.87. The third-order valence-corrected chi connectivity index (χ3v) is 7.57. The molecule has 1 amide bonds. The molecule has 0 radical (unpaired) electrons. The SMILES string of the molecule is CC(C)c1cc(C(=N)N(C(=N)C(=O)NC2CC2)C2CCC(N3CCCCC3)CC2)c(O)cc1O. The number of aromatic hydroxyl groups is 2. The van der Waals surface area contributed by atoms with E-state index in [0.29, 0.717) is 11.6 Å². The Labute approximate surface area is 202 Å². The van der Waals surface area contributed by atoms with Gasteiger partial charge in [0.2, 0.25) is 0 Å². The van der Waals surface area contributed by atoms with Crippen LogP contribution in [0.25, 0.3) is 0 Å². The summed E-state index contributed by atoms with van der Waals surface area (Å²) in [6.45, 7) is 6.16. The lowest BCUT2D eigenvalue weighted by Gasteiger charge is -2.42. The number of nitrogens with zero attached hydrogens (tertiary/aromatic N) is 2. The van der Waals surface area contributed by atoms with Gasteiger partial charge in [0, 0.05) is 24.2 Å². The number of phenols is 2. The van der Waals surface area contributed by atoms with E-state index >= 15 is 0 Å². The minimum Gasteiger partial charge on any atom is -0.508 e. The molecule has 1 aromatic carbocycles. The lowest BCUT2D eigenvalue weighted by molar-refractivity contribution is -0.115. The van der Waals surface area contributed by atoms with Gasteiger partial charge < -0.3 is 25.3 Å². The fourth-order valence-electron chi connectivity index (χ4n) is 5.41. The minimum absolute atomic E-state index is 0.00167. The van der Waals surface area contributed by atoms with E-state index in [0.717, 1.165) is 51.6 Å². The predicted molar refractivity (Wildman–Crippen MR) is 133 cm³/mol. The van der Waals surface area contributed by atoms with Crippen LogP contribution in [0.5, 0.6) is 11.5 Å². The number of carbonyl (C=O) groups is 1. The highest BCUT2D eigenvalue weighted by Gasteiger charge is 2.36. The summed E-state index contributed by atoms with van der Waals surface area (Å²) in [5, 5.41) is 41.4. The van der Waals surface area contributed by atoms with Crippen molar-refractivity contribution >= 4 is 17.6 Å². The van der Waals surface area contributed by atoms with Gasteiger partial charge in [-0.3, -0.25) is 15.6 Å². The van der Waals surface area contributed by atoms with Crippen LogP contribution in [0.1, 0.15) is 88.7 Å². The molecule has 3 fully saturated rings. The third kappa shape index (κ3) is 5.37. The van der Waals surface area contributed by atoms with Crippen LogP contribution in [0.4, 0.5) is 0 Å². The Morgan fingerprint density at radius 2 is 1.65 bits per heavy atom. The van der Waals surface area contributed by atoms with Crippen molar-refractivity contribution in [2.24, 2.45) is 0 Å². The second-order valence-electron chi connectivity index (χ2n) is 10.5. The smallest absolute Gasteiger partial charge is 0.286 e. The van der Waals surface area contributed by atoms with E-state index in [1.165, 1.54) is 30.2 Å². The molecule has 5 N–H and O–H groups in total. The molecule has 1 aromatic rings. The van der Waals surface area contributed by atoms with E-state index in [2.05, 4.69) is 10.2 Å². The van der Waals surface area contributed by atoms with Crippen LogP contribution < -0.4 is 5.32 Å². The number of amides is 1. The molecule has 1 heterocycles. The molecule has 1 saturated heterocycles. The van der Waals surface area contributed by atoms with E-state index in [-0.39, 0.29) is 46.7 Å². The van der Waals surface area contributed by atoms with Gasteiger partial charge in [0.25, 0.3) is 5.91 Å². The average Bonchev–Trinajstić information content (AvgIpc) is 3.64. The first kappa shape index (κ1) is 24.5. The summed E-state index contributed by atoms with van der Waals surface area (Å²) < 4.78 is 0. The van der Waals surface area contributed by atoms with Crippen LogP contribution >= 0.6 is 0 Å². The summed E-state index contributed by atoms with van der Waals surface area (Å²) >= 11 is 0. The number of rotatable bonds is 5. The number of carbonyl (C=O) groups excluding carboxylic acids is 1. The fourth-order valence-corrected chi connectivity index (χ4v) is 5.41. The summed E-state index contributed by atoms with van der Waals surface area (Å²) in [7, 11) is 0. The van der Waals surface area contributed by atoms with Gasteiger partial charge >= 0.3 is 0 Å². The molecule has 0 atom stereocenters. The van der Waals surface area contributed by atoms with Crippen LogP contribution in [-0.4, -0.2) is 68.8 Å². The van der Waals surface area contributed by atoms with Crippen molar-refractivity contribution in [2.75, 3.05) is 13.1 Å². The summed E-state index contributed by atoms with van der Waals surface area (Å²) in [6, 6.07) is 3.38. The Balaban J connectivity index is 1.57. The number of hydrogen-bond donors (Lipinski definition) is 5. The number of benzene rings is 1. The van der Waals surface area contributed by atoms with E-state index < -0.39 is 5.91 Å². The molecule has 0 aromatic heterocycles. The van der Waals surface area contributed by atoms with E-state index in [1.54, 1.807) is 6.07 Å². The maximum atomic E-state index is 12.9. The van der Waals surface area contributed by atoms with Crippen molar-refractivity contribution in [1.29, 1.82) is 10.8 Å². The number of phenolic OH excluding ortho intramolecular Hbond substituents is 2. The van der Waals surface area contributed by atoms with Crippen molar-refractivity contribution in [3.63, 3.8) is 0 Å². The monoisotopic (exact) mass is 469 g/mol. The molecular formula is C26H39N5O3. The highest BCUT2D eigenvalue weighted by Crippen LogP contribution is 2.35. The van der Waals surface area contributed by atoms with Crippen LogP contribution in [0.2, 0.25) is 0 Å². The van der Waals surface area contributed by atoms with E-state index in [1.807, 2.05) is 13.8 Å². The van der Waals surface area contributed by atoms with Gasteiger partial charge in [0.1, 0.15) is 17.3 Å². The van der Waals surface area contributed by atoms with Crippen LogP contribution in [0.3, 0.4) is 0 Å². The summed E-state index contributed by atoms with van der Waals surface area (Å²) in [6.07, 6.45) is 9.19. The highest BCUT2D eigenvalue weighted by molar-refractivity contribution is 6.40. The number of piperidine rings is 1. The Hall–Kier alpha value is -2.61. The quantitative estimate of drug-likeness (QED) is 0.330. The van der Waals surface area contributed by atoms with Gasteiger partial charge in [-0.25, -0.2) is 0 Å². The van der Waals surface area contributed by atoms with Crippen molar-refractivity contribution in [3.05, 3.63) is 23.3 Å². The first-order valence-corrected chi connectivity index (χ1v) is 12.8. The molecule has 8 nitrogen and oxygen atoms in total. The zero-order chi connectivity index (χ0) is 24.4. The first-order chi connectivity index (χ1) is 16.3. The average molecular weight is 470 g/mol. The van der Waals surface area contributed by atoms with Crippen molar-refractivity contribution in [3.8, 4) is 11.5 Å². The van der Waals surface area contributed by atoms with Gasteiger partial charge in [-0.2, -0.15) is 0 Å². The number of amidine groups is 2. The first-order valence-electron chi connectivity index (χ1n) is 12.8. The molecule has 0 spiro atoms. The van der Waals surface area contributed by atoms with E-state index in [9.17, 15) is 15.0 Å². The van der Waals surface area contributed by atoms with Crippen LogP contribution in [-0.2, 0) is 4.79 Å². The van der Waals surface area contributed by atoms with Gasteiger partial charge in [0.15, 0.2) is 5.84 Å². The van der Waals surface area contributed by atoms with Gasteiger partial charge in [-0.1, -0.05) is 20.3 Å². The van der Waals surface area contributed by atoms with Gasteiger partial charge in [-0.05, 0) is 82.0 Å². The second kappa shape index (κ2) is 10.3. The Bertz CT molecular complexity index is 929. The zero-order valence-electron chi connectivity index (χ0n) is 20.4. The Morgan fingerprint density at radius 1 is 1.00 bits per heavy atom. The molecule has 1 aliphatic heterocycles. The molecule has 0 bridgehead atoms. The number of likely N-dealkylation sites (tertiary alicyclic amines) is 1. The second-order valence-corrected chi connectivity index (χ2v) is 10.5. The minimum atomic E-state index is -0.465. The standard InChI is InChI=1S/C26H39N5O3/c1-16(2)20-14-21(23(33)15-22(20)32)24(27)31(25(28)26(34)29-17-6-7-17)19-10-8-18(9-11-19)30-12-4-3-5-13-30/h14-19,27-28,32-33H,3-13H2,1-2H3,(H,29,34). The molecular weight excluding hydrogens is 430 g/mol. The Kier molecular flexibility index (Phi) is 7.45. The molecule has 34 heavy (non-hydrogen) atoms. The van der Waals surface area contributed by atoms with Crippen molar-refractivity contribution in [2.45, 2.75) is 95.7 Å². The highest BCUT2D eigenvalue weighted by atomic mass is 16.3. The van der Waals surface area contributed by atoms with Crippen LogP contribution in [0, 0.1) is 10.8 Å². The van der Waals surface area contributed by atoms with Crippen molar-refractivity contribution in [1.82, 2.24) is 15.1 Å². The van der Waals surface area contributed by atoms with Crippen LogP contribution in [0.15, 0.2) is 12.1 Å². The topological polar surface area (TPSA) is 124 Å². The zero-order valence-corrected chi connectivity index (χ0v) is 20.4. The molecule has 8 heteroatoms. The molecule has 3 aliphatic rings. The Morgan fingerprint density at radius 3 is 2.24 bits per heavy atom. The number of nitrogens with one attached hydrogen (secondary N) is 3. The normalized spacial score (nSPS) is 23.5. The third-order valence-electron chi connectivity index (χ3n) is 7.57. The number of hydrogen-bond acceptors (Lipinski definition) is 6. The fraction of sp³-hybridized carbons (Fsp3) is 0.654. The molecule has 0 unspecified atom stereocenters. The van der Waals surface area contributed by atoms with Crippen molar-refractivity contribution < 1.29 is 15.0 Å². The summed E-state index contributed by atoms with van der Waals surface area (Å²) in [5.41, 5.74) is 0.865. The molecule has 4 rings (SSSR count). The maximum absolute atomic E-state index is 12.9. The van der Waals surface area contributed by atoms with E-state index in [4.69, 9.17) is 10.8 Å². The summed E-state index contributed by atoms with van der Waals surface area (Å²) in [4.78, 5) is 17.0. The maximum Gasteiger partial charge on any atom is 0.286 e. The molecule has 186 valence electrons. The lowest BCUT2D eigenvalue weighted by Crippen LogP contribution is -2.53. The predicted octanol–water partition coefficient (Wildman–Crippen LogP) is 3.90. The van der Waals surface area contributed by atoms with Gasteiger partial charge in [0.05, 0.1) is 5.56 Å². The molecule has 2 aliphatic carbocycles. The largest absolute Gasteiger partial charge is 0.508 e.